The number of aromatic nitrogens is 3. The predicted octanol–water partition coefficient (Wildman–Crippen LogP) is 1.23. The minimum absolute atomic E-state index is 0.0835. The van der Waals surface area contributed by atoms with Gasteiger partial charge in [-0.25, -0.2) is 4.98 Å². The molecule has 1 aromatic carbocycles. The summed E-state index contributed by atoms with van der Waals surface area (Å²) in [6.45, 7) is 0. The molecule has 3 aromatic rings. The first-order valence-electron chi connectivity index (χ1n) is 5.51. The summed E-state index contributed by atoms with van der Waals surface area (Å²) >= 11 is 0. The fraction of sp³-hybridized carbons (Fsp3) is 0. The maximum atomic E-state index is 12.3. The van der Waals surface area contributed by atoms with Gasteiger partial charge in [-0.15, -0.1) is 0 Å². The second kappa shape index (κ2) is 2.95. The molecule has 5 heteroatoms. The Bertz CT molecular complexity index is 873. The highest BCUT2D eigenvalue weighted by atomic mass is 16.1. The van der Waals surface area contributed by atoms with Crippen molar-refractivity contribution in [1.29, 1.82) is 0 Å². The molecule has 86 valence electrons. The van der Waals surface area contributed by atoms with Crippen LogP contribution in [-0.2, 0) is 0 Å². The highest BCUT2D eigenvalue weighted by Gasteiger charge is 2.30. The normalized spacial score (nSPS) is 12.8. The second-order valence-corrected chi connectivity index (χ2v) is 4.17. The molecule has 1 aliphatic rings. The Morgan fingerprint density at radius 2 is 1.89 bits per heavy atom. The van der Waals surface area contributed by atoms with E-state index in [4.69, 9.17) is 0 Å². The van der Waals surface area contributed by atoms with Crippen molar-refractivity contribution < 1.29 is 4.79 Å². The lowest BCUT2D eigenvalue weighted by atomic mass is 10.1. The Kier molecular flexibility index (Phi) is 1.53. The van der Waals surface area contributed by atoms with Gasteiger partial charge in [0.2, 0.25) is 11.4 Å². The summed E-state index contributed by atoms with van der Waals surface area (Å²) in [7, 11) is 0. The van der Waals surface area contributed by atoms with Gasteiger partial charge in [0.25, 0.3) is 5.56 Å². The number of nitrogens with zero attached hydrogens (tertiary/aromatic N) is 2. The molecule has 0 aliphatic heterocycles. The Balaban J connectivity index is 2.26. The van der Waals surface area contributed by atoms with Crippen molar-refractivity contribution in [1.82, 2.24) is 14.4 Å². The van der Waals surface area contributed by atoms with Crippen LogP contribution < -0.4 is 5.56 Å². The van der Waals surface area contributed by atoms with Crippen molar-refractivity contribution in [2.75, 3.05) is 0 Å². The molecule has 4 rings (SSSR count). The molecule has 0 fully saturated rings. The van der Waals surface area contributed by atoms with Gasteiger partial charge in [0.1, 0.15) is 5.69 Å². The van der Waals surface area contributed by atoms with Crippen molar-refractivity contribution in [2.45, 2.75) is 0 Å². The van der Waals surface area contributed by atoms with Crippen molar-refractivity contribution in [3.63, 3.8) is 0 Å². The maximum absolute atomic E-state index is 12.3. The van der Waals surface area contributed by atoms with Crippen molar-refractivity contribution in [3.05, 3.63) is 58.3 Å². The van der Waals surface area contributed by atoms with Crippen LogP contribution in [0.5, 0.6) is 0 Å². The van der Waals surface area contributed by atoms with E-state index in [9.17, 15) is 9.59 Å². The lowest BCUT2D eigenvalue weighted by Crippen LogP contribution is -2.15. The van der Waals surface area contributed by atoms with E-state index in [0.29, 0.717) is 17.0 Å². The van der Waals surface area contributed by atoms with Gasteiger partial charge in [-0.05, 0) is 0 Å². The van der Waals surface area contributed by atoms with E-state index < -0.39 is 0 Å². The summed E-state index contributed by atoms with van der Waals surface area (Å²) < 4.78 is 1.55. The molecule has 0 spiro atoms. The van der Waals surface area contributed by atoms with Crippen LogP contribution in [0.1, 0.15) is 16.1 Å². The van der Waals surface area contributed by atoms with Crippen LogP contribution in [0.4, 0.5) is 0 Å². The van der Waals surface area contributed by atoms with Gasteiger partial charge >= 0.3 is 0 Å². The number of ketones is 1. The standard InChI is InChI=1S/C13H7N3O2/c17-11-8-4-2-1-3-7(8)9-10(11)16-6-5-14-12(16)13(18)15-9/h1-6H,(H,15,18). The third-order valence-corrected chi connectivity index (χ3v) is 3.22. The quantitative estimate of drug-likeness (QED) is 0.500. The van der Waals surface area contributed by atoms with Crippen LogP contribution in [-0.4, -0.2) is 20.2 Å². The highest BCUT2D eigenvalue weighted by molar-refractivity contribution is 6.20. The number of carbonyl (C=O) groups is 1. The number of aromatic amines is 1. The van der Waals surface area contributed by atoms with Gasteiger partial charge in [-0.3, -0.25) is 14.0 Å². The molecule has 0 unspecified atom stereocenters. The Morgan fingerprint density at radius 3 is 2.72 bits per heavy atom. The zero-order valence-electron chi connectivity index (χ0n) is 9.18. The number of hydrogen-bond acceptors (Lipinski definition) is 3. The Hall–Kier alpha value is -2.69. The number of hydrogen-bond donors (Lipinski definition) is 1. The molecule has 0 saturated heterocycles. The summed E-state index contributed by atoms with van der Waals surface area (Å²) in [5.41, 5.74) is 2.39. The van der Waals surface area contributed by atoms with E-state index in [-0.39, 0.29) is 17.0 Å². The van der Waals surface area contributed by atoms with E-state index in [1.165, 1.54) is 6.20 Å². The molecule has 2 aromatic heterocycles. The minimum Gasteiger partial charge on any atom is -0.317 e. The average molecular weight is 237 g/mol. The van der Waals surface area contributed by atoms with E-state index >= 15 is 0 Å². The van der Waals surface area contributed by atoms with E-state index in [0.717, 1.165) is 5.56 Å². The van der Waals surface area contributed by atoms with Gasteiger partial charge in [0.15, 0.2) is 0 Å². The van der Waals surface area contributed by atoms with Gasteiger partial charge in [0.05, 0.1) is 5.69 Å². The maximum Gasteiger partial charge on any atom is 0.292 e. The zero-order valence-corrected chi connectivity index (χ0v) is 9.18. The SMILES string of the molecule is O=C1c2ccccc2-c2[nH]c(=O)c3nccn3c21. The number of benzene rings is 1. The van der Waals surface area contributed by atoms with Crippen molar-refractivity contribution in [2.24, 2.45) is 0 Å². The number of H-pyrrole nitrogens is 1. The number of imidazole rings is 1. The van der Waals surface area contributed by atoms with Crippen LogP contribution in [0.15, 0.2) is 41.5 Å². The van der Waals surface area contributed by atoms with Crippen molar-refractivity contribution in [3.8, 4) is 11.3 Å². The molecule has 1 N–H and O–H groups in total. The Morgan fingerprint density at radius 1 is 1.11 bits per heavy atom. The number of rotatable bonds is 0. The summed E-state index contributed by atoms with van der Waals surface area (Å²) in [5, 5.41) is 0. The fourth-order valence-electron chi connectivity index (χ4n) is 2.45. The van der Waals surface area contributed by atoms with Crippen LogP contribution in [0.2, 0.25) is 0 Å². The van der Waals surface area contributed by atoms with Gasteiger partial charge in [0, 0.05) is 23.5 Å². The van der Waals surface area contributed by atoms with Gasteiger partial charge in [-0.2, -0.15) is 0 Å². The van der Waals surface area contributed by atoms with Gasteiger partial charge < -0.3 is 4.98 Å². The highest BCUT2D eigenvalue weighted by Crippen LogP contribution is 2.33. The van der Waals surface area contributed by atoms with E-state index in [1.807, 2.05) is 18.2 Å². The first kappa shape index (κ1) is 9.35. The van der Waals surface area contributed by atoms with Crippen LogP contribution in [0.3, 0.4) is 0 Å². The van der Waals surface area contributed by atoms with Crippen molar-refractivity contribution >= 4 is 11.4 Å². The molecule has 0 atom stereocenters. The third kappa shape index (κ3) is 0.940. The molecule has 5 nitrogen and oxygen atoms in total. The smallest absolute Gasteiger partial charge is 0.292 e. The summed E-state index contributed by atoms with van der Waals surface area (Å²) in [4.78, 5) is 30.9. The zero-order chi connectivity index (χ0) is 12.3. The Labute approximate surface area is 101 Å². The molecule has 0 amide bonds. The monoisotopic (exact) mass is 237 g/mol. The summed E-state index contributed by atoms with van der Waals surface area (Å²) in [6.07, 6.45) is 3.15. The van der Waals surface area contributed by atoms with Gasteiger partial charge in [-0.1, -0.05) is 24.3 Å². The molecule has 1 aliphatic carbocycles. The van der Waals surface area contributed by atoms with Crippen LogP contribution >= 0.6 is 0 Å². The molecule has 2 heterocycles. The first-order chi connectivity index (χ1) is 8.77. The minimum atomic E-state index is -0.289. The average Bonchev–Trinajstić information content (AvgIpc) is 2.95. The van der Waals surface area contributed by atoms with Crippen LogP contribution in [0.25, 0.3) is 16.9 Å². The van der Waals surface area contributed by atoms with E-state index in [1.54, 1.807) is 16.7 Å². The number of nitrogens with one attached hydrogen (secondary N) is 1. The van der Waals surface area contributed by atoms with Crippen LogP contribution in [0, 0.1) is 0 Å². The third-order valence-electron chi connectivity index (χ3n) is 3.22. The van der Waals surface area contributed by atoms with E-state index in [2.05, 4.69) is 9.97 Å². The molecule has 0 radical (unpaired) electrons. The summed E-state index contributed by atoms with van der Waals surface area (Å²) in [5.74, 6) is -0.0835. The first-order valence-corrected chi connectivity index (χ1v) is 5.51. The molecule has 0 saturated carbocycles. The summed E-state index contributed by atoms with van der Waals surface area (Å²) in [6, 6.07) is 7.25. The lowest BCUT2D eigenvalue weighted by molar-refractivity contribution is 0.103. The molecular weight excluding hydrogens is 230 g/mol. The molecular formula is C13H7N3O2. The fourth-order valence-corrected chi connectivity index (χ4v) is 2.45. The largest absolute Gasteiger partial charge is 0.317 e. The topological polar surface area (TPSA) is 67.2 Å². The molecule has 0 bridgehead atoms. The predicted molar refractivity (Wildman–Crippen MR) is 64.7 cm³/mol. The lowest BCUT2D eigenvalue weighted by Gasteiger charge is -2.01. The second-order valence-electron chi connectivity index (χ2n) is 4.17. The number of fused-ring (bicyclic) bond motifs is 5. The number of carbonyl (C=O) groups excluding carboxylic acids is 1. The molecule has 18 heavy (non-hydrogen) atoms.